The number of hydrogen-bond donors (Lipinski definition) is 2. The van der Waals surface area contributed by atoms with Crippen molar-refractivity contribution in [3.63, 3.8) is 0 Å². The summed E-state index contributed by atoms with van der Waals surface area (Å²) in [4.78, 5) is 46.8. The first-order valence-corrected chi connectivity index (χ1v) is 11.2. The summed E-state index contributed by atoms with van der Waals surface area (Å²) in [7, 11) is 0. The molecule has 2 heterocycles. The molecule has 0 amide bonds. The van der Waals surface area contributed by atoms with E-state index in [1.807, 2.05) is 0 Å². The summed E-state index contributed by atoms with van der Waals surface area (Å²) in [5.41, 5.74) is 3.61. The fourth-order valence-electron chi connectivity index (χ4n) is 3.20. The van der Waals surface area contributed by atoms with Gasteiger partial charge in [-0.3, -0.25) is 9.78 Å². The lowest BCUT2D eigenvalue weighted by Crippen LogP contribution is -2.37. The number of imidazole rings is 1. The number of carbonyl (C=O) groups excluding carboxylic acids is 2. The van der Waals surface area contributed by atoms with Crippen molar-refractivity contribution < 1.29 is 33.3 Å². The van der Waals surface area contributed by atoms with E-state index in [0.29, 0.717) is 25.0 Å². The van der Waals surface area contributed by atoms with Gasteiger partial charge in [-0.25, -0.2) is 14.6 Å². The topological polar surface area (TPSA) is 170 Å². The maximum atomic E-state index is 12.1. The van der Waals surface area contributed by atoms with Crippen LogP contribution in [0.3, 0.4) is 0 Å². The van der Waals surface area contributed by atoms with E-state index in [2.05, 4.69) is 15.0 Å². The lowest BCUT2D eigenvalue weighted by Gasteiger charge is -2.26. The minimum absolute atomic E-state index is 0.0237. The summed E-state index contributed by atoms with van der Waals surface area (Å²) in [5.74, 6) is -0.0237. The number of rotatable bonds is 8. The van der Waals surface area contributed by atoms with E-state index in [1.165, 1.54) is 6.33 Å². The minimum Gasteiger partial charge on any atom is -0.431 e. The van der Waals surface area contributed by atoms with E-state index in [9.17, 15) is 14.4 Å². The maximum Gasteiger partial charge on any atom is 0.508 e. The number of nitrogens with zero attached hydrogens (tertiary/aromatic N) is 3. The molecule has 1 fully saturated rings. The zero-order valence-corrected chi connectivity index (χ0v) is 20.9. The Balaban J connectivity index is 1.70. The van der Waals surface area contributed by atoms with Gasteiger partial charge in [-0.2, -0.15) is 4.98 Å². The SMILES string of the molecule is CC(C)(C)OC(=O)OCC(COC(=O)OC(C)(C)C)OC1(Cn2cnc3c(=O)[nH]c(N)nc32)CC1. The van der Waals surface area contributed by atoms with Crippen LogP contribution in [0, 0.1) is 0 Å². The van der Waals surface area contributed by atoms with Crippen LogP contribution < -0.4 is 11.3 Å². The van der Waals surface area contributed by atoms with E-state index in [-0.39, 0.29) is 24.7 Å². The van der Waals surface area contributed by atoms with Crippen LogP contribution in [0.4, 0.5) is 15.5 Å². The van der Waals surface area contributed by atoms with Gasteiger partial charge in [0.25, 0.3) is 5.56 Å². The third-order valence-electron chi connectivity index (χ3n) is 4.73. The summed E-state index contributed by atoms with van der Waals surface area (Å²) in [6.07, 6.45) is 0.315. The van der Waals surface area contributed by atoms with Gasteiger partial charge in [0, 0.05) is 0 Å². The first kappa shape index (κ1) is 26.3. The number of carbonyl (C=O) groups is 2. The largest absolute Gasteiger partial charge is 0.508 e. The van der Waals surface area contributed by atoms with E-state index < -0.39 is 40.8 Å². The van der Waals surface area contributed by atoms with Gasteiger partial charge in [-0.05, 0) is 54.4 Å². The van der Waals surface area contributed by atoms with Crippen LogP contribution in [0.1, 0.15) is 54.4 Å². The molecule has 13 heteroatoms. The predicted octanol–water partition coefficient (Wildman–Crippen LogP) is 2.52. The summed E-state index contributed by atoms with van der Waals surface area (Å²) in [5, 5.41) is 0. The Labute approximate surface area is 202 Å². The number of aromatic nitrogens is 4. The van der Waals surface area contributed by atoms with Gasteiger partial charge in [-0.1, -0.05) is 0 Å². The number of nitrogen functional groups attached to an aromatic ring is 1. The van der Waals surface area contributed by atoms with Crippen molar-refractivity contribution in [3.05, 3.63) is 16.7 Å². The van der Waals surface area contributed by atoms with Gasteiger partial charge < -0.3 is 34.0 Å². The van der Waals surface area contributed by atoms with Crippen molar-refractivity contribution >= 4 is 29.4 Å². The molecule has 3 rings (SSSR count). The van der Waals surface area contributed by atoms with Crippen LogP contribution >= 0.6 is 0 Å². The van der Waals surface area contributed by atoms with Crippen molar-refractivity contribution in [2.75, 3.05) is 18.9 Å². The number of H-pyrrole nitrogens is 1. The lowest BCUT2D eigenvalue weighted by atomic mass is 10.2. The molecule has 1 aliphatic rings. The molecule has 0 radical (unpaired) electrons. The minimum atomic E-state index is -0.868. The Morgan fingerprint density at radius 3 is 2.11 bits per heavy atom. The van der Waals surface area contributed by atoms with Crippen LogP contribution in [0.2, 0.25) is 0 Å². The molecule has 2 aromatic rings. The monoisotopic (exact) mass is 495 g/mol. The first-order chi connectivity index (χ1) is 16.1. The Morgan fingerprint density at radius 1 is 1.09 bits per heavy atom. The molecule has 0 aliphatic heterocycles. The van der Waals surface area contributed by atoms with Crippen LogP contribution in [0.15, 0.2) is 11.1 Å². The quantitative estimate of drug-likeness (QED) is 0.516. The molecule has 0 saturated heterocycles. The van der Waals surface area contributed by atoms with E-state index >= 15 is 0 Å². The van der Waals surface area contributed by atoms with E-state index in [1.54, 1.807) is 46.1 Å². The maximum absolute atomic E-state index is 12.1. The second-order valence-corrected chi connectivity index (χ2v) is 10.5. The molecular formula is C22H33N5O8. The Hall–Kier alpha value is -3.35. The highest BCUT2D eigenvalue weighted by atomic mass is 16.7. The fourth-order valence-corrected chi connectivity index (χ4v) is 3.20. The highest BCUT2D eigenvalue weighted by Crippen LogP contribution is 2.42. The van der Waals surface area contributed by atoms with Gasteiger partial charge in [0.2, 0.25) is 5.95 Å². The number of aromatic amines is 1. The van der Waals surface area contributed by atoms with Crippen LogP contribution in [-0.4, -0.2) is 68.0 Å². The van der Waals surface area contributed by atoms with E-state index in [0.717, 1.165) is 0 Å². The summed E-state index contributed by atoms with van der Waals surface area (Å²) >= 11 is 0. The molecule has 0 atom stereocenters. The zero-order valence-electron chi connectivity index (χ0n) is 20.9. The first-order valence-electron chi connectivity index (χ1n) is 11.2. The summed E-state index contributed by atoms with van der Waals surface area (Å²) in [6, 6.07) is 0. The van der Waals surface area contributed by atoms with Gasteiger partial charge >= 0.3 is 12.3 Å². The summed E-state index contributed by atoms with van der Waals surface area (Å²) in [6.45, 7) is 10.2. The number of nitrogens with one attached hydrogen (secondary N) is 1. The second-order valence-electron chi connectivity index (χ2n) is 10.5. The Kier molecular flexibility index (Phi) is 7.29. The molecule has 13 nitrogen and oxygen atoms in total. The highest BCUT2D eigenvalue weighted by Gasteiger charge is 2.47. The van der Waals surface area contributed by atoms with Crippen LogP contribution in [0.25, 0.3) is 11.2 Å². The molecule has 0 unspecified atom stereocenters. The standard InChI is InChI=1S/C22H33N5O8/c1-20(2,3)34-18(29)31-9-13(10-32-19(30)35-21(4,5)6)33-22(7-8-22)11-27-12-24-14-15(27)25-17(23)26-16(14)28/h12-13H,7-11H2,1-6H3,(H3,23,25,26,28). The predicted molar refractivity (Wildman–Crippen MR) is 124 cm³/mol. The zero-order chi connectivity index (χ0) is 26.0. The molecule has 194 valence electrons. The average molecular weight is 496 g/mol. The molecule has 35 heavy (non-hydrogen) atoms. The van der Waals surface area contributed by atoms with Crippen LogP contribution in [0.5, 0.6) is 0 Å². The van der Waals surface area contributed by atoms with Crippen molar-refractivity contribution in [1.29, 1.82) is 0 Å². The number of nitrogens with two attached hydrogens (primary N) is 1. The van der Waals surface area contributed by atoms with Crippen molar-refractivity contribution in [2.24, 2.45) is 0 Å². The molecular weight excluding hydrogens is 462 g/mol. The van der Waals surface area contributed by atoms with Crippen molar-refractivity contribution in [3.8, 4) is 0 Å². The number of hydrogen-bond acceptors (Lipinski definition) is 11. The summed E-state index contributed by atoms with van der Waals surface area (Å²) < 4.78 is 28.7. The van der Waals surface area contributed by atoms with Crippen molar-refractivity contribution in [2.45, 2.75) is 83.8 Å². The molecule has 3 N–H and O–H groups in total. The number of fused-ring (bicyclic) bond motifs is 1. The molecule has 2 aromatic heterocycles. The van der Waals surface area contributed by atoms with Gasteiger partial charge in [0.05, 0.1) is 18.5 Å². The normalized spacial score (nSPS) is 15.2. The average Bonchev–Trinajstić information content (AvgIpc) is 3.32. The Morgan fingerprint density at radius 2 is 1.63 bits per heavy atom. The highest BCUT2D eigenvalue weighted by molar-refractivity contribution is 5.70. The molecule has 0 spiro atoms. The molecule has 1 saturated carbocycles. The smallest absolute Gasteiger partial charge is 0.431 e. The van der Waals surface area contributed by atoms with Gasteiger partial charge in [0.1, 0.15) is 30.5 Å². The van der Waals surface area contributed by atoms with Crippen molar-refractivity contribution in [1.82, 2.24) is 19.5 Å². The Bertz CT molecular complexity index is 1090. The third-order valence-corrected chi connectivity index (χ3v) is 4.73. The second kappa shape index (κ2) is 9.72. The molecule has 1 aliphatic carbocycles. The van der Waals surface area contributed by atoms with Gasteiger partial charge in [0.15, 0.2) is 11.2 Å². The third kappa shape index (κ3) is 7.84. The number of anilines is 1. The lowest BCUT2D eigenvalue weighted by molar-refractivity contribution is -0.105. The van der Waals surface area contributed by atoms with Gasteiger partial charge in [-0.15, -0.1) is 0 Å². The fraction of sp³-hybridized carbons (Fsp3) is 0.682. The molecule has 0 aromatic carbocycles. The number of ether oxygens (including phenoxy) is 5. The van der Waals surface area contributed by atoms with Crippen LogP contribution in [-0.2, 0) is 30.2 Å². The van der Waals surface area contributed by atoms with E-state index in [4.69, 9.17) is 29.4 Å². The molecule has 0 bridgehead atoms.